The van der Waals surface area contributed by atoms with Gasteiger partial charge in [0.15, 0.2) is 0 Å². The molecule has 2 atom stereocenters. The van der Waals surface area contributed by atoms with Crippen molar-refractivity contribution in [2.45, 2.75) is 26.4 Å². The van der Waals surface area contributed by atoms with Crippen molar-refractivity contribution in [1.82, 2.24) is 15.4 Å². The van der Waals surface area contributed by atoms with Gasteiger partial charge in [0.25, 0.3) is 0 Å². The van der Waals surface area contributed by atoms with Crippen LogP contribution in [0, 0.1) is 5.92 Å². The Bertz CT molecular complexity index is 661. The van der Waals surface area contributed by atoms with E-state index in [4.69, 9.17) is 5.11 Å². The first-order chi connectivity index (χ1) is 12.0. The van der Waals surface area contributed by atoms with E-state index in [0.717, 1.165) is 23.1 Å². The van der Waals surface area contributed by atoms with Gasteiger partial charge in [-0.15, -0.1) is 0 Å². The molecule has 1 heterocycles. The van der Waals surface area contributed by atoms with Gasteiger partial charge in [0.05, 0.1) is 6.10 Å². The predicted octanol–water partition coefficient (Wildman–Crippen LogP) is 2.79. The molecule has 0 saturated carbocycles. The molecule has 0 aliphatic carbocycles. The fourth-order valence-corrected chi connectivity index (χ4v) is 2.67. The second-order valence-corrected chi connectivity index (χ2v) is 6.14. The highest BCUT2D eigenvalue weighted by Crippen LogP contribution is 2.20. The van der Waals surface area contributed by atoms with Crippen LogP contribution < -0.4 is 5.43 Å². The molecular formula is C19H25N3O3. The van der Waals surface area contributed by atoms with E-state index in [9.17, 15) is 9.90 Å². The van der Waals surface area contributed by atoms with Crippen molar-refractivity contribution in [3.63, 3.8) is 0 Å². The summed E-state index contributed by atoms with van der Waals surface area (Å²) in [7, 11) is 0. The summed E-state index contributed by atoms with van der Waals surface area (Å²) in [4.78, 5) is 14.8. The van der Waals surface area contributed by atoms with E-state index in [1.54, 1.807) is 6.20 Å². The third kappa shape index (κ3) is 5.85. The van der Waals surface area contributed by atoms with E-state index in [-0.39, 0.29) is 12.5 Å². The number of carbonyl (C=O) groups is 1. The molecule has 0 radical (unpaired) electrons. The average Bonchev–Trinajstić information content (AvgIpc) is 2.62. The SMILES string of the molecule is CCN(CC(O)C(C)Cc1ccc(-c2cccnc2)cc1)NC(=O)O. The Morgan fingerprint density at radius 1 is 1.24 bits per heavy atom. The largest absolute Gasteiger partial charge is 0.464 e. The summed E-state index contributed by atoms with van der Waals surface area (Å²) in [5.74, 6) is 0.00823. The number of aliphatic hydroxyl groups excluding tert-OH is 1. The maximum Gasteiger partial charge on any atom is 0.419 e. The lowest BCUT2D eigenvalue weighted by molar-refractivity contribution is 0.0505. The second kappa shape index (κ2) is 9.15. The summed E-state index contributed by atoms with van der Waals surface area (Å²) in [6, 6.07) is 12.1. The molecule has 0 aliphatic rings. The minimum atomic E-state index is -1.12. The number of likely N-dealkylation sites (N-methyl/N-ethyl adjacent to an activating group) is 1. The molecule has 2 rings (SSSR count). The zero-order chi connectivity index (χ0) is 18.2. The van der Waals surface area contributed by atoms with Gasteiger partial charge in [0, 0.05) is 25.5 Å². The summed E-state index contributed by atoms with van der Waals surface area (Å²) >= 11 is 0. The van der Waals surface area contributed by atoms with E-state index in [1.165, 1.54) is 5.01 Å². The summed E-state index contributed by atoms with van der Waals surface area (Å²) in [5, 5.41) is 20.6. The van der Waals surface area contributed by atoms with E-state index in [1.807, 2.05) is 32.2 Å². The average molecular weight is 343 g/mol. The number of hydrazine groups is 1. The number of benzene rings is 1. The molecule has 0 bridgehead atoms. The van der Waals surface area contributed by atoms with Crippen LogP contribution in [0.2, 0.25) is 0 Å². The van der Waals surface area contributed by atoms with Gasteiger partial charge in [0.2, 0.25) is 0 Å². The zero-order valence-electron chi connectivity index (χ0n) is 14.6. The molecule has 2 unspecified atom stereocenters. The highest BCUT2D eigenvalue weighted by Gasteiger charge is 2.19. The van der Waals surface area contributed by atoms with Gasteiger partial charge in [0.1, 0.15) is 0 Å². The number of amides is 1. The lowest BCUT2D eigenvalue weighted by Crippen LogP contribution is -2.46. The standard InChI is InChI=1S/C19H25N3O3/c1-3-22(21-19(24)25)13-18(23)14(2)11-15-6-8-16(9-7-15)17-5-4-10-20-12-17/h4-10,12,14,18,21,23H,3,11,13H2,1-2H3,(H,24,25). The normalized spacial score (nSPS) is 13.4. The molecule has 6 nitrogen and oxygen atoms in total. The Kier molecular flexibility index (Phi) is 6.91. The van der Waals surface area contributed by atoms with Gasteiger partial charge < -0.3 is 10.2 Å². The van der Waals surface area contributed by atoms with Gasteiger partial charge in [-0.05, 0) is 35.1 Å². The van der Waals surface area contributed by atoms with E-state index in [0.29, 0.717) is 6.54 Å². The van der Waals surface area contributed by atoms with Crippen molar-refractivity contribution in [1.29, 1.82) is 0 Å². The minimum Gasteiger partial charge on any atom is -0.464 e. The molecule has 2 aromatic rings. The van der Waals surface area contributed by atoms with Gasteiger partial charge in [-0.2, -0.15) is 0 Å². The molecule has 0 spiro atoms. The number of aliphatic hydroxyl groups is 1. The lowest BCUT2D eigenvalue weighted by Gasteiger charge is -2.26. The summed E-state index contributed by atoms with van der Waals surface area (Å²) in [5.41, 5.74) is 5.60. The van der Waals surface area contributed by atoms with E-state index in [2.05, 4.69) is 34.7 Å². The first kappa shape index (κ1) is 18.9. The van der Waals surface area contributed by atoms with Crippen molar-refractivity contribution in [2.24, 2.45) is 5.92 Å². The number of nitrogens with zero attached hydrogens (tertiary/aromatic N) is 2. The van der Waals surface area contributed by atoms with Crippen LogP contribution in [0.4, 0.5) is 4.79 Å². The fourth-order valence-electron chi connectivity index (χ4n) is 2.67. The number of carboxylic acid groups (broad SMARTS) is 1. The number of aromatic nitrogens is 1. The summed E-state index contributed by atoms with van der Waals surface area (Å²) in [6.45, 7) is 4.56. The predicted molar refractivity (Wildman–Crippen MR) is 97.0 cm³/mol. The highest BCUT2D eigenvalue weighted by molar-refractivity contribution is 5.63. The number of hydrogen-bond acceptors (Lipinski definition) is 4. The van der Waals surface area contributed by atoms with Crippen LogP contribution in [0.1, 0.15) is 19.4 Å². The number of hydrogen-bond donors (Lipinski definition) is 3. The van der Waals surface area contributed by atoms with Crippen molar-refractivity contribution < 1.29 is 15.0 Å². The Labute approximate surface area is 148 Å². The molecule has 3 N–H and O–H groups in total. The van der Waals surface area contributed by atoms with Crippen LogP contribution in [0.3, 0.4) is 0 Å². The number of nitrogens with one attached hydrogen (secondary N) is 1. The third-order valence-electron chi connectivity index (χ3n) is 4.21. The molecule has 1 amide bonds. The molecule has 0 saturated heterocycles. The topological polar surface area (TPSA) is 85.7 Å². The van der Waals surface area contributed by atoms with Crippen LogP contribution in [-0.2, 0) is 6.42 Å². The van der Waals surface area contributed by atoms with Crippen molar-refractivity contribution >= 4 is 6.09 Å². The quantitative estimate of drug-likeness (QED) is 0.642. The monoisotopic (exact) mass is 343 g/mol. The Morgan fingerprint density at radius 3 is 2.52 bits per heavy atom. The first-order valence-corrected chi connectivity index (χ1v) is 8.41. The lowest BCUT2D eigenvalue weighted by atomic mass is 9.94. The van der Waals surface area contributed by atoms with Crippen LogP contribution in [0.15, 0.2) is 48.8 Å². The molecular weight excluding hydrogens is 318 g/mol. The van der Waals surface area contributed by atoms with Crippen LogP contribution in [-0.4, -0.2) is 45.5 Å². The zero-order valence-corrected chi connectivity index (χ0v) is 14.6. The maximum atomic E-state index is 10.7. The molecule has 25 heavy (non-hydrogen) atoms. The Hall–Kier alpha value is -2.44. The van der Waals surface area contributed by atoms with E-state index >= 15 is 0 Å². The smallest absolute Gasteiger partial charge is 0.419 e. The Morgan fingerprint density at radius 2 is 1.96 bits per heavy atom. The summed E-state index contributed by atoms with van der Waals surface area (Å²) in [6.07, 6.45) is 2.56. The number of rotatable bonds is 8. The fraction of sp³-hybridized carbons (Fsp3) is 0.368. The summed E-state index contributed by atoms with van der Waals surface area (Å²) < 4.78 is 0. The number of pyridine rings is 1. The Balaban J connectivity index is 1.93. The van der Waals surface area contributed by atoms with E-state index < -0.39 is 12.2 Å². The van der Waals surface area contributed by atoms with Crippen molar-refractivity contribution in [3.8, 4) is 11.1 Å². The van der Waals surface area contributed by atoms with Gasteiger partial charge in [-0.1, -0.05) is 44.2 Å². The highest BCUT2D eigenvalue weighted by atomic mass is 16.4. The van der Waals surface area contributed by atoms with Crippen molar-refractivity contribution in [3.05, 3.63) is 54.4 Å². The first-order valence-electron chi connectivity index (χ1n) is 8.41. The second-order valence-electron chi connectivity index (χ2n) is 6.14. The molecule has 0 aliphatic heterocycles. The van der Waals surface area contributed by atoms with Crippen LogP contribution in [0.25, 0.3) is 11.1 Å². The molecule has 0 fully saturated rings. The molecule has 1 aromatic heterocycles. The molecule has 6 heteroatoms. The van der Waals surface area contributed by atoms with Crippen LogP contribution >= 0.6 is 0 Å². The molecule has 134 valence electrons. The van der Waals surface area contributed by atoms with Gasteiger partial charge in [-0.3, -0.25) is 10.4 Å². The maximum absolute atomic E-state index is 10.7. The van der Waals surface area contributed by atoms with Crippen molar-refractivity contribution in [2.75, 3.05) is 13.1 Å². The van der Waals surface area contributed by atoms with Crippen LogP contribution in [0.5, 0.6) is 0 Å². The van der Waals surface area contributed by atoms with Gasteiger partial charge in [-0.25, -0.2) is 9.80 Å². The minimum absolute atomic E-state index is 0.00823. The molecule has 1 aromatic carbocycles. The van der Waals surface area contributed by atoms with Gasteiger partial charge >= 0.3 is 6.09 Å². The third-order valence-corrected chi connectivity index (χ3v) is 4.21.